The number of pyridine rings is 1. The number of nitrogens with one attached hydrogen (secondary N) is 2. The molecule has 0 aliphatic heterocycles. The number of hydrogen-bond donors (Lipinski definition) is 3. The van der Waals surface area contributed by atoms with Gasteiger partial charge in [0, 0.05) is 36.4 Å². The molecular formula is C26H25FN8O2. The Hall–Kier alpha value is -4.28. The van der Waals surface area contributed by atoms with Gasteiger partial charge in [0.15, 0.2) is 5.65 Å². The molecule has 3 fully saturated rings. The van der Waals surface area contributed by atoms with E-state index in [0.29, 0.717) is 33.8 Å². The molecule has 0 spiro atoms. The first-order valence-electron chi connectivity index (χ1n) is 12.5. The molecule has 2 atom stereocenters. The van der Waals surface area contributed by atoms with Crippen molar-refractivity contribution < 1.29 is 14.3 Å². The number of fused-ring (bicyclic) bond motifs is 5. The summed E-state index contributed by atoms with van der Waals surface area (Å²) in [7, 11) is 1.85. The summed E-state index contributed by atoms with van der Waals surface area (Å²) in [4.78, 5) is 29.1. The maximum atomic E-state index is 14.1. The van der Waals surface area contributed by atoms with Crippen LogP contribution in [0, 0.1) is 23.6 Å². The average Bonchev–Trinajstić information content (AvgIpc) is 3.62. The number of aromatic nitrogens is 7. The van der Waals surface area contributed by atoms with Gasteiger partial charge in [0.25, 0.3) is 0 Å². The third kappa shape index (κ3) is 3.48. The van der Waals surface area contributed by atoms with Crippen LogP contribution in [0.25, 0.3) is 39.3 Å². The zero-order chi connectivity index (χ0) is 25.3. The van der Waals surface area contributed by atoms with E-state index in [1.165, 1.54) is 12.3 Å². The minimum atomic E-state index is -0.761. The van der Waals surface area contributed by atoms with Gasteiger partial charge in [-0.15, -0.1) is 0 Å². The van der Waals surface area contributed by atoms with E-state index in [0.717, 1.165) is 37.1 Å². The molecule has 3 N–H and O–H groups in total. The molecule has 8 rings (SSSR count). The highest BCUT2D eigenvalue weighted by atomic mass is 19.1. The Morgan fingerprint density at radius 3 is 2.76 bits per heavy atom. The number of carboxylic acids is 1. The second kappa shape index (κ2) is 8.12. The van der Waals surface area contributed by atoms with Crippen molar-refractivity contribution in [2.45, 2.75) is 31.7 Å². The summed E-state index contributed by atoms with van der Waals surface area (Å²) in [5.41, 5.74) is 3.83. The van der Waals surface area contributed by atoms with Crippen molar-refractivity contribution in [2.24, 2.45) is 24.8 Å². The Morgan fingerprint density at radius 1 is 1.19 bits per heavy atom. The molecule has 0 aromatic carbocycles. The van der Waals surface area contributed by atoms with Crippen LogP contribution >= 0.6 is 0 Å². The van der Waals surface area contributed by atoms with Crippen LogP contribution in [0.4, 0.5) is 10.2 Å². The number of aryl methyl sites for hydroxylation is 1. The molecule has 0 saturated heterocycles. The normalized spacial score (nSPS) is 23.2. The Balaban J connectivity index is 1.41. The van der Waals surface area contributed by atoms with Gasteiger partial charge in [0.05, 0.1) is 30.2 Å². The van der Waals surface area contributed by atoms with Gasteiger partial charge in [-0.2, -0.15) is 5.10 Å². The molecule has 0 unspecified atom stereocenters. The maximum Gasteiger partial charge on any atom is 0.308 e. The quantitative estimate of drug-likeness (QED) is 0.331. The number of aliphatic carboxylic acids is 1. The van der Waals surface area contributed by atoms with Crippen molar-refractivity contribution in [3.63, 3.8) is 0 Å². The van der Waals surface area contributed by atoms with E-state index in [4.69, 9.17) is 4.98 Å². The van der Waals surface area contributed by atoms with Crippen LogP contribution < -0.4 is 5.32 Å². The molecule has 10 nitrogen and oxygen atoms in total. The van der Waals surface area contributed by atoms with E-state index in [2.05, 4.69) is 25.4 Å². The summed E-state index contributed by atoms with van der Waals surface area (Å²) in [6.07, 6.45) is 12.3. The van der Waals surface area contributed by atoms with Crippen LogP contribution in [-0.2, 0) is 11.8 Å². The Kier molecular flexibility index (Phi) is 4.82. The molecule has 3 aliphatic rings. The minimum Gasteiger partial charge on any atom is -0.481 e. The topological polar surface area (TPSA) is 126 Å². The predicted octanol–water partition coefficient (Wildman–Crippen LogP) is 4.11. The van der Waals surface area contributed by atoms with E-state index in [1.54, 1.807) is 17.1 Å². The van der Waals surface area contributed by atoms with Crippen LogP contribution in [0.2, 0.25) is 0 Å². The first kappa shape index (κ1) is 22.0. The van der Waals surface area contributed by atoms with Gasteiger partial charge < -0.3 is 15.4 Å². The third-order valence-corrected chi connectivity index (χ3v) is 8.04. The van der Waals surface area contributed by atoms with Crippen molar-refractivity contribution in [1.29, 1.82) is 0 Å². The molecule has 0 amide bonds. The summed E-state index contributed by atoms with van der Waals surface area (Å²) >= 11 is 0. The van der Waals surface area contributed by atoms with Crippen LogP contribution in [-0.4, -0.2) is 51.2 Å². The number of halogens is 1. The van der Waals surface area contributed by atoms with Crippen molar-refractivity contribution in [3.8, 4) is 22.6 Å². The molecular weight excluding hydrogens is 475 g/mol. The molecule has 5 aromatic rings. The van der Waals surface area contributed by atoms with E-state index in [-0.39, 0.29) is 17.9 Å². The van der Waals surface area contributed by atoms with Gasteiger partial charge in [0.1, 0.15) is 28.7 Å². The number of aromatic amines is 1. The van der Waals surface area contributed by atoms with Crippen molar-refractivity contribution >= 4 is 28.5 Å². The molecule has 0 radical (unpaired) electrons. The number of hydrogen-bond acceptors (Lipinski definition) is 6. The number of H-pyrrole nitrogens is 1. The standard InChI is InChI=1S/C26H25FN8O2/c1-34-7-6-18(33-34)19-11-30-25-23(17-10-29-24-16(17)8-15(27)9-28-24)32-20(12-35(19)25)31-22-14-4-2-13(3-5-14)21(22)26(36)37/h6-14,21-22,31H,2-5H2,1H3,(H,28,29)(H,36,37)/t13-,14+,21-,22-/m0/s1. The molecule has 5 aromatic heterocycles. The van der Waals surface area contributed by atoms with Crippen LogP contribution in [0.3, 0.4) is 0 Å². The lowest BCUT2D eigenvalue weighted by Gasteiger charge is -2.47. The molecule has 37 heavy (non-hydrogen) atoms. The summed E-state index contributed by atoms with van der Waals surface area (Å²) in [6, 6.07) is 3.12. The second-order valence-corrected chi connectivity index (χ2v) is 10.1. The van der Waals surface area contributed by atoms with E-state index in [9.17, 15) is 14.3 Å². The SMILES string of the molecule is Cn1ccc(-c2cnc3c(-c4c[nH]c5ncc(F)cc45)nc(N[C@H]4[C@H]5CC[C@H](CC5)[C@@H]4C(=O)O)cn23)n1. The highest BCUT2D eigenvalue weighted by Crippen LogP contribution is 2.46. The van der Waals surface area contributed by atoms with Crippen molar-refractivity contribution in [1.82, 2.24) is 34.1 Å². The third-order valence-electron chi connectivity index (χ3n) is 8.04. The minimum absolute atomic E-state index is 0.170. The summed E-state index contributed by atoms with van der Waals surface area (Å²) in [6.45, 7) is 0. The fourth-order valence-electron chi connectivity index (χ4n) is 6.34. The lowest BCUT2D eigenvalue weighted by atomic mass is 9.61. The number of carbonyl (C=O) groups is 1. The molecule has 188 valence electrons. The van der Waals surface area contributed by atoms with Gasteiger partial charge >= 0.3 is 5.97 Å². The molecule has 3 aliphatic carbocycles. The highest BCUT2D eigenvalue weighted by molar-refractivity contribution is 5.96. The van der Waals surface area contributed by atoms with Gasteiger partial charge in [-0.3, -0.25) is 13.9 Å². The first-order valence-corrected chi connectivity index (χ1v) is 12.5. The molecule has 11 heteroatoms. The van der Waals surface area contributed by atoms with E-state index in [1.807, 2.05) is 29.9 Å². The monoisotopic (exact) mass is 500 g/mol. The first-order chi connectivity index (χ1) is 18.0. The fourth-order valence-corrected chi connectivity index (χ4v) is 6.34. The van der Waals surface area contributed by atoms with Gasteiger partial charge in [0.2, 0.25) is 0 Å². The van der Waals surface area contributed by atoms with Gasteiger partial charge in [-0.1, -0.05) is 0 Å². The number of nitrogens with zero attached hydrogens (tertiary/aromatic N) is 6. The predicted molar refractivity (Wildman–Crippen MR) is 134 cm³/mol. The number of imidazole rings is 1. The van der Waals surface area contributed by atoms with E-state index < -0.39 is 17.7 Å². The second-order valence-electron chi connectivity index (χ2n) is 10.1. The van der Waals surface area contributed by atoms with Crippen molar-refractivity contribution in [3.05, 3.63) is 48.9 Å². The number of anilines is 1. The van der Waals surface area contributed by atoms with E-state index >= 15 is 0 Å². The molecule has 2 bridgehead atoms. The zero-order valence-corrected chi connectivity index (χ0v) is 20.1. The fraction of sp³-hybridized carbons (Fsp3) is 0.346. The lowest BCUT2D eigenvalue weighted by molar-refractivity contribution is -0.148. The van der Waals surface area contributed by atoms with Gasteiger partial charge in [-0.25, -0.2) is 19.3 Å². The van der Waals surface area contributed by atoms with Crippen LogP contribution in [0.5, 0.6) is 0 Å². The number of rotatable bonds is 5. The molecule has 5 heterocycles. The summed E-state index contributed by atoms with van der Waals surface area (Å²) < 4.78 is 17.8. The van der Waals surface area contributed by atoms with Gasteiger partial charge in [-0.05, 0) is 49.7 Å². The lowest BCUT2D eigenvalue weighted by Crippen LogP contribution is -2.51. The number of carboxylic acid groups (broad SMARTS) is 1. The maximum absolute atomic E-state index is 14.1. The molecule has 3 saturated carbocycles. The Labute approximate surface area is 210 Å². The summed E-state index contributed by atoms with van der Waals surface area (Å²) in [5.74, 6) is -0.681. The Morgan fingerprint density at radius 2 is 2.00 bits per heavy atom. The highest BCUT2D eigenvalue weighted by Gasteiger charge is 2.47. The summed E-state index contributed by atoms with van der Waals surface area (Å²) in [5, 5.41) is 18.7. The average molecular weight is 501 g/mol. The zero-order valence-electron chi connectivity index (χ0n) is 20.1. The smallest absolute Gasteiger partial charge is 0.308 e. The Bertz CT molecular complexity index is 1660. The largest absolute Gasteiger partial charge is 0.481 e. The van der Waals surface area contributed by atoms with Crippen molar-refractivity contribution in [2.75, 3.05) is 5.32 Å². The van der Waals surface area contributed by atoms with Crippen LogP contribution in [0.15, 0.2) is 43.1 Å². The van der Waals surface area contributed by atoms with Crippen LogP contribution in [0.1, 0.15) is 25.7 Å².